The van der Waals surface area contributed by atoms with Gasteiger partial charge in [-0.05, 0) is 63.1 Å². The van der Waals surface area contributed by atoms with Gasteiger partial charge in [0, 0.05) is 25.7 Å². The number of halogens is 2. The van der Waals surface area contributed by atoms with Gasteiger partial charge in [-0.25, -0.2) is 8.78 Å². The highest BCUT2D eigenvalue weighted by molar-refractivity contribution is 7.90. The molecule has 7 nitrogen and oxygen atoms in total. The van der Waals surface area contributed by atoms with Crippen molar-refractivity contribution in [3.8, 4) is 5.75 Å². The molecule has 0 radical (unpaired) electrons. The normalized spacial score (nSPS) is 17.1. The highest BCUT2D eigenvalue weighted by atomic mass is 32.2. The summed E-state index contributed by atoms with van der Waals surface area (Å²) in [6.07, 6.45) is 0.924. The molecule has 1 atom stereocenters. The molecule has 1 saturated heterocycles. The largest absolute Gasteiger partial charge is 0.494 e. The summed E-state index contributed by atoms with van der Waals surface area (Å²) in [5.41, 5.74) is 0.226. The Hall–Kier alpha value is -2.72. The third kappa shape index (κ3) is 5.36. The van der Waals surface area contributed by atoms with Crippen molar-refractivity contribution in [3.05, 3.63) is 54.1 Å². The highest BCUT2D eigenvalue weighted by Gasteiger charge is 2.36. The minimum atomic E-state index is -3.89. The van der Waals surface area contributed by atoms with Crippen LogP contribution in [0.2, 0.25) is 0 Å². The number of amides is 1. The lowest BCUT2D eigenvalue weighted by Gasteiger charge is -2.35. The summed E-state index contributed by atoms with van der Waals surface area (Å²) < 4.78 is 61.9. The minimum Gasteiger partial charge on any atom is -0.494 e. The van der Waals surface area contributed by atoms with E-state index < -0.39 is 33.7 Å². The molecule has 10 heteroatoms. The van der Waals surface area contributed by atoms with Gasteiger partial charge in [0.1, 0.15) is 17.4 Å². The number of piperidine rings is 1. The molecular weight excluding hydrogens is 440 g/mol. The van der Waals surface area contributed by atoms with Crippen molar-refractivity contribution >= 4 is 27.5 Å². The van der Waals surface area contributed by atoms with Crippen LogP contribution in [0.4, 0.5) is 20.2 Å². The SMILES string of the molecule is CCOc1ccc(N(CC)S(=O)(=O)N2CCCC(C(=O)Nc3cc(F)ccc3F)C2)cc1. The third-order valence-corrected chi connectivity index (χ3v) is 7.28. The highest BCUT2D eigenvalue weighted by Crippen LogP contribution is 2.27. The summed E-state index contributed by atoms with van der Waals surface area (Å²) in [6.45, 7) is 4.54. The number of benzene rings is 2. The fourth-order valence-corrected chi connectivity index (χ4v) is 5.41. The van der Waals surface area contributed by atoms with E-state index in [2.05, 4.69) is 5.32 Å². The Morgan fingerprint density at radius 1 is 1.19 bits per heavy atom. The number of anilines is 2. The van der Waals surface area contributed by atoms with Crippen LogP contribution in [0.25, 0.3) is 0 Å². The quantitative estimate of drug-likeness (QED) is 0.641. The molecule has 1 aliphatic rings. The number of rotatable bonds is 8. The molecule has 0 bridgehead atoms. The van der Waals surface area contributed by atoms with E-state index in [9.17, 15) is 22.0 Å². The van der Waals surface area contributed by atoms with Crippen LogP contribution in [0.1, 0.15) is 26.7 Å². The fraction of sp³-hybridized carbons (Fsp3) is 0.409. The van der Waals surface area contributed by atoms with Gasteiger partial charge in [0.2, 0.25) is 5.91 Å². The second-order valence-electron chi connectivity index (χ2n) is 7.41. The van der Waals surface area contributed by atoms with Gasteiger partial charge in [-0.15, -0.1) is 0 Å². The van der Waals surface area contributed by atoms with Crippen molar-refractivity contribution < 1.29 is 26.7 Å². The van der Waals surface area contributed by atoms with Gasteiger partial charge in [-0.3, -0.25) is 9.10 Å². The molecule has 1 fully saturated rings. The average molecular weight is 468 g/mol. The number of carbonyl (C=O) groups is 1. The first kappa shape index (κ1) is 23.9. The number of ether oxygens (including phenoxy) is 1. The maximum atomic E-state index is 13.9. The number of nitrogens with one attached hydrogen (secondary N) is 1. The van der Waals surface area contributed by atoms with Gasteiger partial charge in [0.25, 0.3) is 0 Å². The monoisotopic (exact) mass is 467 g/mol. The predicted octanol–water partition coefficient (Wildman–Crippen LogP) is 3.79. The Morgan fingerprint density at radius 3 is 2.56 bits per heavy atom. The van der Waals surface area contributed by atoms with Crippen molar-refractivity contribution in [1.29, 1.82) is 0 Å². The molecule has 1 heterocycles. The minimum absolute atomic E-state index is 0.0430. The maximum absolute atomic E-state index is 13.9. The first-order chi connectivity index (χ1) is 15.3. The van der Waals surface area contributed by atoms with Crippen LogP contribution in [-0.2, 0) is 15.0 Å². The molecule has 174 valence electrons. The molecule has 3 rings (SSSR count). The van der Waals surface area contributed by atoms with E-state index in [0.29, 0.717) is 30.9 Å². The molecule has 1 unspecified atom stereocenters. The Morgan fingerprint density at radius 2 is 1.91 bits per heavy atom. The predicted molar refractivity (Wildman–Crippen MR) is 119 cm³/mol. The summed E-state index contributed by atoms with van der Waals surface area (Å²) in [6, 6.07) is 9.54. The fourth-order valence-electron chi connectivity index (χ4n) is 3.69. The lowest BCUT2D eigenvalue weighted by molar-refractivity contribution is -0.120. The molecule has 2 aromatic rings. The molecule has 1 amide bonds. The van der Waals surface area contributed by atoms with E-state index in [4.69, 9.17) is 4.74 Å². The molecule has 0 saturated carbocycles. The van der Waals surface area contributed by atoms with Gasteiger partial charge >= 0.3 is 10.2 Å². The molecular formula is C22H27F2N3O4S. The molecule has 0 spiro atoms. The second-order valence-corrected chi connectivity index (χ2v) is 9.26. The van der Waals surface area contributed by atoms with E-state index in [1.807, 2.05) is 6.92 Å². The molecule has 2 aromatic carbocycles. The second kappa shape index (κ2) is 10.3. The summed E-state index contributed by atoms with van der Waals surface area (Å²) >= 11 is 0. The standard InChI is InChI=1S/C22H27F2N3O4S/c1-3-27(18-8-10-19(11-9-18)31-4-2)32(29,30)26-13-5-6-16(15-26)22(28)25-21-14-17(23)7-12-20(21)24/h7-12,14,16H,3-6,13,15H2,1-2H3,(H,25,28). The first-order valence-electron chi connectivity index (χ1n) is 10.5. The van der Waals surface area contributed by atoms with Crippen molar-refractivity contribution in [2.45, 2.75) is 26.7 Å². The van der Waals surface area contributed by atoms with Crippen molar-refractivity contribution in [2.24, 2.45) is 5.92 Å². The summed E-state index contributed by atoms with van der Waals surface area (Å²) in [4.78, 5) is 12.7. The Labute approximate surface area is 187 Å². The van der Waals surface area contributed by atoms with Crippen molar-refractivity contribution in [1.82, 2.24) is 4.31 Å². The van der Waals surface area contributed by atoms with Gasteiger partial charge < -0.3 is 10.1 Å². The first-order valence-corrected chi connectivity index (χ1v) is 11.9. The number of nitrogens with zero attached hydrogens (tertiary/aromatic N) is 2. The number of carbonyl (C=O) groups excluding carboxylic acids is 1. The van der Waals surface area contributed by atoms with Gasteiger partial charge in [0.05, 0.1) is 23.9 Å². The van der Waals surface area contributed by atoms with E-state index in [1.54, 1.807) is 31.2 Å². The van der Waals surface area contributed by atoms with E-state index in [1.165, 1.54) is 8.61 Å². The zero-order valence-electron chi connectivity index (χ0n) is 18.1. The van der Waals surface area contributed by atoms with E-state index in [0.717, 1.165) is 18.2 Å². The lowest BCUT2D eigenvalue weighted by atomic mass is 9.98. The van der Waals surface area contributed by atoms with Crippen LogP contribution < -0.4 is 14.4 Å². The van der Waals surface area contributed by atoms with Crippen molar-refractivity contribution in [3.63, 3.8) is 0 Å². The Balaban J connectivity index is 1.74. The maximum Gasteiger partial charge on any atom is 0.304 e. The zero-order valence-corrected chi connectivity index (χ0v) is 18.9. The molecule has 1 N–H and O–H groups in total. The summed E-state index contributed by atoms with van der Waals surface area (Å²) in [5.74, 6) is -2.01. The van der Waals surface area contributed by atoms with Crippen LogP contribution in [-0.4, -0.2) is 44.9 Å². The van der Waals surface area contributed by atoms with Gasteiger partial charge in [-0.1, -0.05) is 0 Å². The molecule has 0 aromatic heterocycles. The van der Waals surface area contributed by atoms with E-state index in [-0.39, 0.29) is 25.3 Å². The van der Waals surface area contributed by atoms with Crippen LogP contribution in [0, 0.1) is 17.6 Å². The lowest BCUT2D eigenvalue weighted by Crippen LogP contribution is -2.50. The van der Waals surface area contributed by atoms with Gasteiger partial charge in [0.15, 0.2) is 0 Å². The summed E-state index contributed by atoms with van der Waals surface area (Å²) in [7, 11) is -3.89. The molecule has 1 aliphatic heterocycles. The summed E-state index contributed by atoms with van der Waals surface area (Å²) in [5, 5.41) is 2.38. The van der Waals surface area contributed by atoms with Crippen molar-refractivity contribution in [2.75, 3.05) is 35.9 Å². The van der Waals surface area contributed by atoms with Crippen LogP contribution in [0.5, 0.6) is 5.75 Å². The molecule has 0 aliphatic carbocycles. The Bertz CT molecular complexity index is 1050. The average Bonchev–Trinajstić information content (AvgIpc) is 2.78. The van der Waals surface area contributed by atoms with Crippen LogP contribution in [0.3, 0.4) is 0 Å². The Kier molecular flexibility index (Phi) is 7.68. The third-order valence-electron chi connectivity index (χ3n) is 5.27. The van der Waals surface area contributed by atoms with Gasteiger partial charge in [-0.2, -0.15) is 12.7 Å². The topological polar surface area (TPSA) is 79.0 Å². The van der Waals surface area contributed by atoms with Crippen LogP contribution in [0.15, 0.2) is 42.5 Å². The number of hydrogen-bond donors (Lipinski definition) is 1. The smallest absolute Gasteiger partial charge is 0.304 e. The number of hydrogen-bond acceptors (Lipinski definition) is 4. The molecule has 32 heavy (non-hydrogen) atoms. The van der Waals surface area contributed by atoms with Crippen LogP contribution >= 0.6 is 0 Å². The zero-order chi connectivity index (χ0) is 23.3. The van der Waals surface area contributed by atoms with E-state index >= 15 is 0 Å².